The van der Waals surface area contributed by atoms with Crippen LogP contribution in [0.1, 0.15) is 29.2 Å². The minimum atomic E-state index is -0.234. The molecule has 1 N–H and O–H groups in total. The quantitative estimate of drug-likeness (QED) is 0.875. The number of nitrogens with one attached hydrogen (secondary N) is 1. The van der Waals surface area contributed by atoms with Gasteiger partial charge in [0.2, 0.25) is 5.91 Å². The molecular weight excluding hydrogens is 342 g/mol. The van der Waals surface area contributed by atoms with Crippen molar-refractivity contribution in [3.05, 3.63) is 64.7 Å². The minimum absolute atomic E-state index is 0.00403. The number of carbonyl (C=O) groups excluding carboxylic acids is 1. The molecule has 126 valence electrons. The molecule has 0 aromatic heterocycles. The average molecular weight is 362 g/mol. The molecule has 3 atom stereocenters. The molecule has 0 spiro atoms. The van der Waals surface area contributed by atoms with Crippen molar-refractivity contribution >= 4 is 29.3 Å². The van der Waals surface area contributed by atoms with Gasteiger partial charge in [-0.25, -0.2) is 0 Å². The summed E-state index contributed by atoms with van der Waals surface area (Å²) >= 11 is 7.65. The van der Waals surface area contributed by atoms with Crippen molar-refractivity contribution in [2.45, 2.75) is 24.1 Å². The molecule has 0 fully saturated rings. The lowest BCUT2D eigenvalue weighted by molar-refractivity contribution is -0.123. The fraction of sp³-hybridized carbons (Fsp3) is 0.316. The molecule has 3 rings (SSSR count). The third-order valence-corrected chi connectivity index (χ3v) is 5.70. The van der Waals surface area contributed by atoms with Crippen molar-refractivity contribution in [3.8, 4) is 5.75 Å². The van der Waals surface area contributed by atoms with Crippen LogP contribution in [0.5, 0.6) is 5.75 Å². The first kappa shape index (κ1) is 17.2. The van der Waals surface area contributed by atoms with E-state index in [1.807, 2.05) is 49.4 Å². The summed E-state index contributed by atoms with van der Waals surface area (Å²) in [7, 11) is 0. The van der Waals surface area contributed by atoms with Crippen LogP contribution in [0.2, 0.25) is 5.02 Å². The number of fused-ring (bicyclic) bond motifs is 1. The van der Waals surface area contributed by atoms with E-state index in [0.717, 1.165) is 16.9 Å². The predicted molar refractivity (Wildman–Crippen MR) is 100.0 cm³/mol. The van der Waals surface area contributed by atoms with Crippen LogP contribution < -0.4 is 10.1 Å². The van der Waals surface area contributed by atoms with E-state index in [-0.39, 0.29) is 23.1 Å². The molecule has 3 nitrogen and oxygen atoms in total. The summed E-state index contributed by atoms with van der Waals surface area (Å²) in [5.74, 6) is 0.680. The van der Waals surface area contributed by atoms with Gasteiger partial charge in [0.05, 0.1) is 17.2 Å². The van der Waals surface area contributed by atoms with E-state index < -0.39 is 0 Å². The summed E-state index contributed by atoms with van der Waals surface area (Å²) < 4.78 is 5.82. The topological polar surface area (TPSA) is 38.3 Å². The molecule has 1 amide bonds. The molecule has 0 unspecified atom stereocenters. The van der Waals surface area contributed by atoms with E-state index in [2.05, 4.69) is 17.6 Å². The summed E-state index contributed by atoms with van der Waals surface area (Å²) in [6.07, 6.45) is 2.06. The van der Waals surface area contributed by atoms with Crippen LogP contribution in [0, 0.1) is 0 Å². The zero-order valence-electron chi connectivity index (χ0n) is 13.7. The van der Waals surface area contributed by atoms with Gasteiger partial charge in [0.25, 0.3) is 0 Å². The smallest absolute Gasteiger partial charge is 0.227 e. The molecule has 0 saturated carbocycles. The number of ether oxygens (including phenoxy) is 1. The van der Waals surface area contributed by atoms with Crippen molar-refractivity contribution in [3.63, 3.8) is 0 Å². The van der Waals surface area contributed by atoms with Gasteiger partial charge in [-0.2, -0.15) is 11.8 Å². The lowest BCUT2D eigenvalue weighted by atomic mass is 9.98. The molecule has 0 aliphatic carbocycles. The second-order valence-electron chi connectivity index (χ2n) is 5.89. The highest BCUT2D eigenvalue weighted by molar-refractivity contribution is 7.98. The number of rotatable bonds is 4. The second-order valence-corrected chi connectivity index (χ2v) is 7.31. The van der Waals surface area contributed by atoms with Crippen LogP contribution in [0.4, 0.5) is 0 Å². The predicted octanol–water partition coefficient (Wildman–Crippen LogP) is 4.43. The Kier molecular flexibility index (Phi) is 5.36. The van der Waals surface area contributed by atoms with Gasteiger partial charge in [0.15, 0.2) is 0 Å². The number of halogens is 1. The van der Waals surface area contributed by atoms with Crippen LogP contribution in [0.15, 0.2) is 48.5 Å². The van der Waals surface area contributed by atoms with E-state index in [0.29, 0.717) is 11.6 Å². The summed E-state index contributed by atoms with van der Waals surface area (Å²) in [5, 5.41) is 4.02. The molecular formula is C19H20ClNO2S. The van der Waals surface area contributed by atoms with Gasteiger partial charge in [0, 0.05) is 10.6 Å². The number of thioether (sulfide) groups is 1. The average Bonchev–Trinajstić information content (AvgIpc) is 2.61. The molecule has 1 aliphatic heterocycles. The fourth-order valence-electron chi connectivity index (χ4n) is 2.95. The van der Waals surface area contributed by atoms with Gasteiger partial charge >= 0.3 is 0 Å². The van der Waals surface area contributed by atoms with Crippen LogP contribution >= 0.6 is 23.4 Å². The maximum Gasteiger partial charge on any atom is 0.227 e. The molecule has 0 radical (unpaired) electrons. The largest absolute Gasteiger partial charge is 0.491 e. The van der Waals surface area contributed by atoms with E-state index in [1.165, 1.54) is 0 Å². The van der Waals surface area contributed by atoms with Gasteiger partial charge in [-0.15, -0.1) is 0 Å². The number of amides is 1. The van der Waals surface area contributed by atoms with Crippen LogP contribution in [0.3, 0.4) is 0 Å². The number of hydrogen-bond acceptors (Lipinski definition) is 3. The third kappa shape index (κ3) is 3.55. The van der Waals surface area contributed by atoms with Gasteiger partial charge in [0.1, 0.15) is 12.4 Å². The Hall–Kier alpha value is -1.65. The molecule has 1 heterocycles. The third-order valence-electron chi connectivity index (χ3n) is 4.35. The molecule has 2 aromatic rings. The van der Waals surface area contributed by atoms with E-state index in [4.69, 9.17) is 16.3 Å². The Morgan fingerprint density at radius 1 is 1.25 bits per heavy atom. The Morgan fingerprint density at radius 3 is 2.67 bits per heavy atom. The first-order valence-electron chi connectivity index (χ1n) is 7.90. The Labute approximate surface area is 151 Å². The number of hydrogen-bond donors (Lipinski definition) is 1. The zero-order chi connectivity index (χ0) is 17.1. The number of carbonyl (C=O) groups is 1. The number of para-hydroxylation sites is 1. The van der Waals surface area contributed by atoms with E-state index >= 15 is 0 Å². The van der Waals surface area contributed by atoms with Gasteiger partial charge in [-0.05, 0) is 36.9 Å². The maximum absolute atomic E-state index is 12.7. The lowest BCUT2D eigenvalue weighted by Crippen LogP contribution is -2.46. The van der Waals surface area contributed by atoms with E-state index in [9.17, 15) is 4.79 Å². The molecule has 2 aromatic carbocycles. The number of benzene rings is 2. The monoisotopic (exact) mass is 361 g/mol. The van der Waals surface area contributed by atoms with Gasteiger partial charge < -0.3 is 10.1 Å². The highest BCUT2D eigenvalue weighted by Crippen LogP contribution is 2.39. The lowest BCUT2D eigenvalue weighted by Gasteiger charge is -2.33. The first-order valence-corrected chi connectivity index (χ1v) is 9.57. The SMILES string of the molecule is CS[C@@H]1c2ccccc2OC[C@H]1NC(=O)[C@@H](C)c1ccc(Cl)cc1. The van der Waals surface area contributed by atoms with Gasteiger partial charge in [-0.1, -0.05) is 41.9 Å². The molecule has 1 aliphatic rings. The van der Waals surface area contributed by atoms with Crippen molar-refractivity contribution < 1.29 is 9.53 Å². The molecule has 0 saturated heterocycles. The maximum atomic E-state index is 12.7. The second kappa shape index (κ2) is 7.49. The highest BCUT2D eigenvalue weighted by Gasteiger charge is 2.32. The normalized spacial score (nSPS) is 20.6. The first-order chi connectivity index (χ1) is 11.6. The van der Waals surface area contributed by atoms with Crippen molar-refractivity contribution in [1.29, 1.82) is 0 Å². The van der Waals surface area contributed by atoms with Crippen molar-refractivity contribution in [2.24, 2.45) is 0 Å². The van der Waals surface area contributed by atoms with Crippen LogP contribution in [-0.4, -0.2) is 24.8 Å². The summed E-state index contributed by atoms with van der Waals surface area (Å²) in [6.45, 7) is 2.39. The van der Waals surface area contributed by atoms with Crippen LogP contribution in [-0.2, 0) is 4.79 Å². The zero-order valence-corrected chi connectivity index (χ0v) is 15.2. The molecule has 0 bridgehead atoms. The molecule has 24 heavy (non-hydrogen) atoms. The minimum Gasteiger partial charge on any atom is -0.491 e. The van der Waals surface area contributed by atoms with E-state index in [1.54, 1.807) is 11.8 Å². The fourth-order valence-corrected chi connectivity index (χ4v) is 4.00. The van der Waals surface area contributed by atoms with Crippen molar-refractivity contribution in [1.82, 2.24) is 5.32 Å². The summed E-state index contributed by atoms with van der Waals surface area (Å²) in [5.41, 5.74) is 2.09. The van der Waals surface area contributed by atoms with Gasteiger partial charge in [-0.3, -0.25) is 4.79 Å². The standard InChI is InChI=1S/C19H20ClNO2S/c1-12(13-7-9-14(20)10-8-13)19(22)21-16-11-23-17-6-4-3-5-15(17)18(16)24-2/h3-10,12,16,18H,11H2,1-2H3,(H,21,22)/t12-,16+,18+/m0/s1. The Bertz CT molecular complexity index is 720. The molecule has 5 heteroatoms. The summed E-state index contributed by atoms with van der Waals surface area (Å²) in [4.78, 5) is 12.7. The highest BCUT2D eigenvalue weighted by atomic mass is 35.5. The van der Waals surface area contributed by atoms with Crippen LogP contribution in [0.25, 0.3) is 0 Å². The Morgan fingerprint density at radius 2 is 1.96 bits per heavy atom. The van der Waals surface area contributed by atoms with Crippen molar-refractivity contribution in [2.75, 3.05) is 12.9 Å². The summed E-state index contributed by atoms with van der Waals surface area (Å²) in [6, 6.07) is 15.4. The Balaban J connectivity index is 1.73.